The summed E-state index contributed by atoms with van der Waals surface area (Å²) in [5.74, 6) is -4.17. The summed E-state index contributed by atoms with van der Waals surface area (Å²) in [5, 5.41) is 3.55. The van der Waals surface area contributed by atoms with Gasteiger partial charge < -0.3 is 18.9 Å². The third-order valence-electron chi connectivity index (χ3n) is 7.05. The van der Waals surface area contributed by atoms with Crippen LogP contribution >= 0.6 is 0 Å². The van der Waals surface area contributed by atoms with Gasteiger partial charge in [0.15, 0.2) is 23.4 Å². The number of ether oxygens (including phenoxy) is 2. The largest absolute Gasteiger partial charge is 0.471 e. The summed E-state index contributed by atoms with van der Waals surface area (Å²) >= 11 is 0. The maximum atomic E-state index is 15.3. The van der Waals surface area contributed by atoms with Crippen molar-refractivity contribution >= 4 is 11.8 Å². The summed E-state index contributed by atoms with van der Waals surface area (Å²) in [6.07, 6.45) is 0.621. The topological polar surface area (TPSA) is 80.9 Å². The molecule has 6 rings (SSSR count). The third-order valence-corrected chi connectivity index (χ3v) is 7.05. The van der Waals surface area contributed by atoms with E-state index in [0.717, 1.165) is 17.2 Å². The zero-order valence-corrected chi connectivity index (χ0v) is 19.0. The first-order valence-corrected chi connectivity index (χ1v) is 11.3. The molecule has 0 unspecified atom stereocenters. The third kappa shape index (κ3) is 3.50. The van der Waals surface area contributed by atoms with Gasteiger partial charge in [0, 0.05) is 48.8 Å². The van der Waals surface area contributed by atoms with Crippen LogP contribution in [0.15, 0.2) is 41.2 Å². The van der Waals surface area contributed by atoms with Crippen LogP contribution in [-0.2, 0) is 10.4 Å². The highest BCUT2D eigenvalue weighted by Gasteiger charge is 2.70. The van der Waals surface area contributed by atoms with E-state index in [1.807, 2.05) is 11.9 Å². The van der Waals surface area contributed by atoms with Gasteiger partial charge in [-0.1, -0.05) is 6.07 Å². The quantitative estimate of drug-likeness (QED) is 0.372. The lowest BCUT2D eigenvalue weighted by atomic mass is 10.0. The fourth-order valence-electron chi connectivity index (χ4n) is 5.22. The normalized spacial score (nSPS) is 27.3. The molecule has 2 saturated heterocycles. The number of halogens is 4. The van der Waals surface area contributed by atoms with E-state index in [-0.39, 0.29) is 42.1 Å². The number of hydrogen-bond donors (Lipinski definition) is 0. The number of benzene rings is 1. The van der Waals surface area contributed by atoms with E-state index < -0.39 is 46.6 Å². The predicted octanol–water partition coefficient (Wildman–Crippen LogP) is 3.91. The Balaban J connectivity index is 1.21. The van der Waals surface area contributed by atoms with Gasteiger partial charge in [-0.15, -0.1) is 0 Å². The predicted molar refractivity (Wildman–Crippen MR) is 116 cm³/mol. The smallest absolute Gasteiger partial charge is 0.414 e. The minimum absolute atomic E-state index is 0.0476. The molecule has 3 aromatic rings. The first-order valence-electron chi connectivity index (χ1n) is 11.3. The van der Waals surface area contributed by atoms with Crippen LogP contribution in [-0.4, -0.2) is 60.5 Å². The van der Waals surface area contributed by atoms with Crippen molar-refractivity contribution in [1.82, 2.24) is 15.0 Å². The molecule has 3 aliphatic rings. The Hall–Kier alpha value is -3.67. The summed E-state index contributed by atoms with van der Waals surface area (Å²) in [6.45, 7) is 0.920. The minimum Gasteiger partial charge on any atom is -0.471 e. The Morgan fingerprint density at radius 1 is 1.14 bits per heavy atom. The van der Waals surface area contributed by atoms with Gasteiger partial charge in [-0.2, -0.15) is 0 Å². The molecule has 0 spiro atoms. The maximum absolute atomic E-state index is 15.3. The van der Waals surface area contributed by atoms with Crippen molar-refractivity contribution in [3.8, 4) is 17.0 Å². The average Bonchev–Trinajstić information content (AvgIpc) is 3.39. The van der Waals surface area contributed by atoms with Gasteiger partial charge in [0.05, 0.1) is 23.5 Å². The zero-order chi connectivity index (χ0) is 25.2. The van der Waals surface area contributed by atoms with E-state index in [4.69, 9.17) is 9.47 Å². The van der Waals surface area contributed by atoms with Crippen molar-refractivity contribution < 1.29 is 36.4 Å². The number of likely N-dealkylation sites (tertiary alicyclic amines) is 1. The van der Waals surface area contributed by atoms with Crippen LogP contribution in [0.4, 0.5) is 28.0 Å². The molecular weight excluding hydrogens is 484 g/mol. The van der Waals surface area contributed by atoms with Crippen LogP contribution in [0.2, 0.25) is 0 Å². The van der Waals surface area contributed by atoms with Crippen LogP contribution in [0.1, 0.15) is 5.69 Å². The molecule has 0 radical (unpaired) electrons. The number of piperidine rings is 1. The highest BCUT2D eigenvalue weighted by molar-refractivity contribution is 5.90. The molecule has 1 amide bonds. The number of pyridine rings is 1. The molecule has 12 heteroatoms. The fraction of sp³-hybridized carbons (Fsp3) is 0.375. The first-order chi connectivity index (χ1) is 17.3. The van der Waals surface area contributed by atoms with Gasteiger partial charge in [-0.3, -0.25) is 9.88 Å². The molecule has 2 aliphatic heterocycles. The second-order valence-corrected chi connectivity index (χ2v) is 9.28. The lowest BCUT2D eigenvalue weighted by molar-refractivity contribution is 0.101. The van der Waals surface area contributed by atoms with Gasteiger partial charge in [0.1, 0.15) is 18.7 Å². The second kappa shape index (κ2) is 8.19. The average molecular weight is 504 g/mol. The lowest BCUT2D eigenvalue weighted by Gasteiger charge is -2.18. The number of alkyl halides is 1. The van der Waals surface area contributed by atoms with Crippen molar-refractivity contribution in [2.24, 2.45) is 11.8 Å². The molecule has 1 aliphatic carbocycles. The minimum atomic E-state index is -1.55. The summed E-state index contributed by atoms with van der Waals surface area (Å²) in [6, 6.07) is 4.88. The summed E-state index contributed by atoms with van der Waals surface area (Å²) in [5.41, 5.74) is -2.66. The summed E-state index contributed by atoms with van der Waals surface area (Å²) in [7, 11) is 1.92. The molecule has 2 aromatic heterocycles. The SMILES string of the molecule is CN1C[C@@H]2[C@H](C1)[C@@]2(F)c1ccc(-c2c(F)cc(N3C[C@H](COc4ccon4)OC3=O)c(F)c2F)cn1. The molecule has 8 nitrogen and oxygen atoms in total. The van der Waals surface area contributed by atoms with Gasteiger partial charge in [0.2, 0.25) is 0 Å². The number of carbonyl (C=O) groups is 1. The molecule has 36 heavy (non-hydrogen) atoms. The van der Waals surface area contributed by atoms with Crippen LogP contribution in [0.5, 0.6) is 5.88 Å². The van der Waals surface area contributed by atoms with Gasteiger partial charge in [-0.05, 0) is 18.3 Å². The van der Waals surface area contributed by atoms with Crippen LogP contribution in [0.25, 0.3) is 11.1 Å². The van der Waals surface area contributed by atoms with Gasteiger partial charge in [-0.25, -0.2) is 22.4 Å². The zero-order valence-electron chi connectivity index (χ0n) is 19.0. The molecule has 188 valence electrons. The number of hydrogen-bond acceptors (Lipinski definition) is 7. The second-order valence-electron chi connectivity index (χ2n) is 9.28. The maximum Gasteiger partial charge on any atom is 0.414 e. The Kier molecular flexibility index (Phi) is 5.18. The van der Waals surface area contributed by atoms with E-state index in [9.17, 15) is 4.79 Å². The molecule has 1 aromatic carbocycles. The van der Waals surface area contributed by atoms with E-state index in [1.165, 1.54) is 24.5 Å². The summed E-state index contributed by atoms with van der Waals surface area (Å²) in [4.78, 5) is 19.2. The Morgan fingerprint density at radius 2 is 1.92 bits per heavy atom. The number of rotatable bonds is 6. The number of amides is 1. The molecular formula is C24H20F4N4O4. The Morgan fingerprint density at radius 3 is 2.58 bits per heavy atom. The molecule has 4 heterocycles. The van der Waals surface area contributed by atoms with Crippen molar-refractivity contribution in [1.29, 1.82) is 0 Å². The number of nitrogens with zero attached hydrogens (tertiary/aromatic N) is 4. The number of anilines is 1. The molecule has 4 atom stereocenters. The van der Waals surface area contributed by atoms with Crippen molar-refractivity contribution in [3.05, 3.63) is 59.9 Å². The van der Waals surface area contributed by atoms with Gasteiger partial charge in [0.25, 0.3) is 5.88 Å². The number of aromatic nitrogens is 2. The molecule has 0 N–H and O–H groups in total. The first kappa shape index (κ1) is 22.8. The fourth-order valence-corrected chi connectivity index (χ4v) is 5.22. The summed E-state index contributed by atoms with van der Waals surface area (Å²) < 4.78 is 75.5. The van der Waals surface area contributed by atoms with Crippen molar-refractivity contribution in [3.63, 3.8) is 0 Å². The molecule has 0 bridgehead atoms. The highest BCUT2D eigenvalue weighted by atomic mass is 19.2. The van der Waals surface area contributed by atoms with Gasteiger partial charge >= 0.3 is 6.09 Å². The Labute approximate surface area is 202 Å². The highest BCUT2D eigenvalue weighted by Crippen LogP contribution is 2.63. The van der Waals surface area contributed by atoms with E-state index >= 15 is 17.6 Å². The van der Waals surface area contributed by atoms with E-state index in [2.05, 4.69) is 14.7 Å². The number of cyclic esters (lactones) is 1. The van der Waals surface area contributed by atoms with Crippen LogP contribution in [0.3, 0.4) is 0 Å². The number of carbonyl (C=O) groups excluding carboxylic acids is 1. The standard InChI is InChI=1S/C24H20F4N4O4/c1-31-9-14-15(10-31)24(14,28)18-3-2-12(7-29-18)20-16(25)6-17(21(26)22(20)27)32-8-13(36-23(32)33)11-34-19-4-5-35-30-19/h2-7,13-15H,8-11H2,1H3/t13-,14-,15+,24-/m1/s1. The van der Waals surface area contributed by atoms with E-state index in [0.29, 0.717) is 13.1 Å². The number of fused-ring (bicyclic) bond motifs is 1. The van der Waals surface area contributed by atoms with Crippen LogP contribution < -0.4 is 9.64 Å². The van der Waals surface area contributed by atoms with Crippen molar-refractivity contribution in [2.75, 3.05) is 38.2 Å². The molecule has 3 fully saturated rings. The van der Waals surface area contributed by atoms with Crippen molar-refractivity contribution in [2.45, 2.75) is 11.8 Å². The lowest BCUT2D eigenvalue weighted by Crippen LogP contribution is -2.28. The molecule has 1 saturated carbocycles. The Bertz CT molecular complexity index is 1310. The van der Waals surface area contributed by atoms with Crippen LogP contribution in [0, 0.1) is 29.3 Å². The van der Waals surface area contributed by atoms with E-state index in [1.54, 1.807) is 0 Å². The monoisotopic (exact) mass is 504 g/mol.